The van der Waals surface area contributed by atoms with Gasteiger partial charge in [0.15, 0.2) is 0 Å². The topological polar surface area (TPSA) is 26.0 Å². The van der Waals surface area contributed by atoms with Gasteiger partial charge in [-0.1, -0.05) is 17.7 Å². The first-order chi connectivity index (χ1) is 6.79. The van der Waals surface area contributed by atoms with Crippen molar-refractivity contribution in [1.29, 1.82) is 0 Å². The molecule has 2 N–H and O–H groups in total. The van der Waals surface area contributed by atoms with Gasteiger partial charge in [-0.25, -0.2) is 0 Å². The molecule has 0 aromatic heterocycles. The maximum absolute atomic E-state index is 12.1. The smallest absolute Gasteiger partial charge is 0.324 e. The Morgan fingerprint density at radius 3 is 2.47 bits per heavy atom. The van der Waals surface area contributed by atoms with Gasteiger partial charge in [-0.2, -0.15) is 13.2 Å². The van der Waals surface area contributed by atoms with Crippen molar-refractivity contribution in [2.45, 2.75) is 18.6 Å². The molecule has 0 spiro atoms. The van der Waals surface area contributed by atoms with Gasteiger partial charge in [0.1, 0.15) is 0 Å². The summed E-state index contributed by atoms with van der Waals surface area (Å²) < 4.78 is 36.7. The van der Waals surface area contributed by atoms with Gasteiger partial charge in [0.05, 0.1) is 11.4 Å². The molecule has 6 heteroatoms. The van der Waals surface area contributed by atoms with Crippen LogP contribution in [0.25, 0.3) is 0 Å². The Labute approximate surface area is 98.5 Å². The second-order valence-corrected chi connectivity index (χ2v) is 4.36. The molecule has 84 valence electrons. The van der Waals surface area contributed by atoms with Gasteiger partial charge in [0.2, 0.25) is 0 Å². The number of rotatable bonds is 2. The van der Waals surface area contributed by atoms with Crippen molar-refractivity contribution in [2.75, 3.05) is 0 Å². The van der Waals surface area contributed by atoms with Crippen LogP contribution in [0.4, 0.5) is 13.2 Å². The predicted molar refractivity (Wildman–Crippen MR) is 56.8 cm³/mol. The third-order valence-electron chi connectivity index (χ3n) is 1.82. The molecule has 0 saturated carbocycles. The number of halogens is 5. The lowest BCUT2D eigenvalue weighted by atomic mass is 10.0. The van der Waals surface area contributed by atoms with Crippen molar-refractivity contribution >= 4 is 27.5 Å². The molecule has 0 heterocycles. The summed E-state index contributed by atoms with van der Waals surface area (Å²) in [5.74, 6) is 0. The Bertz CT molecular complexity index is 354. The van der Waals surface area contributed by atoms with Crippen LogP contribution in [0.15, 0.2) is 22.7 Å². The maximum Gasteiger partial charge on any atom is 0.390 e. The minimum atomic E-state index is -4.26. The van der Waals surface area contributed by atoms with Crippen LogP contribution in [-0.4, -0.2) is 6.18 Å². The fraction of sp³-hybridized carbons (Fsp3) is 0.333. The SMILES string of the molecule is N[C@H](CC(F)(F)F)c1ccc(Cl)c(Br)c1. The lowest BCUT2D eigenvalue weighted by Crippen LogP contribution is -2.20. The van der Waals surface area contributed by atoms with Crippen LogP contribution in [-0.2, 0) is 0 Å². The normalized spacial score (nSPS) is 14.0. The quantitative estimate of drug-likeness (QED) is 0.876. The molecule has 0 aliphatic heterocycles. The van der Waals surface area contributed by atoms with Crippen LogP contribution in [0.5, 0.6) is 0 Å². The Kier molecular flexibility index (Phi) is 4.03. The van der Waals surface area contributed by atoms with E-state index in [1.54, 1.807) is 0 Å². The standard InChI is InChI=1S/C9H8BrClF3N/c10-6-3-5(1-2-7(6)11)8(15)4-9(12,13)14/h1-3,8H,4,15H2/t8-/m1/s1. The van der Waals surface area contributed by atoms with Crippen molar-refractivity contribution in [3.8, 4) is 0 Å². The van der Waals surface area contributed by atoms with Crippen LogP contribution in [0.3, 0.4) is 0 Å². The molecule has 1 atom stereocenters. The van der Waals surface area contributed by atoms with Crippen molar-refractivity contribution in [3.05, 3.63) is 33.3 Å². The average Bonchev–Trinajstić information content (AvgIpc) is 2.06. The van der Waals surface area contributed by atoms with Crippen LogP contribution in [0.2, 0.25) is 5.02 Å². The Morgan fingerprint density at radius 2 is 2.00 bits per heavy atom. The highest BCUT2D eigenvalue weighted by Crippen LogP contribution is 2.31. The molecule has 0 amide bonds. The van der Waals surface area contributed by atoms with E-state index in [9.17, 15) is 13.2 Å². The minimum Gasteiger partial charge on any atom is -0.324 e. The van der Waals surface area contributed by atoms with Gasteiger partial charge in [0.25, 0.3) is 0 Å². The third-order valence-corrected chi connectivity index (χ3v) is 3.04. The van der Waals surface area contributed by atoms with Gasteiger partial charge in [0, 0.05) is 10.5 Å². The molecule has 0 bridgehead atoms. The molecular weight excluding hydrogens is 294 g/mol. The summed E-state index contributed by atoms with van der Waals surface area (Å²) in [6.07, 6.45) is -5.30. The zero-order chi connectivity index (χ0) is 11.6. The summed E-state index contributed by atoms with van der Waals surface area (Å²) in [6, 6.07) is 3.44. The van der Waals surface area contributed by atoms with Crippen LogP contribution < -0.4 is 5.73 Å². The van der Waals surface area contributed by atoms with Gasteiger partial charge in [-0.3, -0.25) is 0 Å². The largest absolute Gasteiger partial charge is 0.390 e. The second kappa shape index (κ2) is 4.72. The number of hydrogen-bond acceptors (Lipinski definition) is 1. The van der Waals surface area contributed by atoms with E-state index in [0.29, 0.717) is 15.1 Å². The van der Waals surface area contributed by atoms with Gasteiger partial charge in [-0.15, -0.1) is 0 Å². The third kappa shape index (κ3) is 4.01. The summed E-state index contributed by atoms with van der Waals surface area (Å²) in [7, 11) is 0. The lowest BCUT2D eigenvalue weighted by molar-refractivity contribution is -0.138. The van der Waals surface area contributed by atoms with E-state index in [0.717, 1.165) is 0 Å². The molecule has 0 saturated heterocycles. The monoisotopic (exact) mass is 301 g/mol. The minimum absolute atomic E-state index is 0.406. The summed E-state index contributed by atoms with van der Waals surface area (Å²) in [5.41, 5.74) is 5.82. The molecule has 0 fully saturated rings. The fourth-order valence-corrected chi connectivity index (χ4v) is 1.62. The van der Waals surface area contributed by atoms with E-state index in [4.69, 9.17) is 17.3 Å². The zero-order valence-corrected chi connectivity index (χ0v) is 9.83. The first kappa shape index (κ1) is 12.8. The molecule has 0 aliphatic carbocycles. The van der Waals surface area contributed by atoms with E-state index in [1.807, 2.05) is 0 Å². The van der Waals surface area contributed by atoms with Crippen LogP contribution in [0.1, 0.15) is 18.0 Å². The van der Waals surface area contributed by atoms with E-state index >= 15 is 0 Å². The molecule has 15 heavy (non-hydrogen) atoms. The number of hydrogen-bond donors (Lipinski definition) is 1. The molecule has 0 radical (unpaired) electrons. The van der Waals surface area contributed by atoms with Gasteiger partial charge >= 0.3 is 6.18 Å². The van der Waals surface area contributed by atoms with E-state index in [-0.39, 0.29) is 0 Å². The van der Waals surface area contributed by atoms with Crippen molar-refractivity contribution in [3.63, 3.8) is 0 Å². The molecule has 1 aromatic rings. The molecule has 1 aromatic carbocycles. The Hall–Kier alpha value is -0.260. The van der Waals surface area contributed by atoms with Crippen LogP contribution in [0, 0.1) is 0 Å². The second-order valence-electron chi connectivity index (χ2n) is 3.10. The molecular formula is C9H8BrClF3N. The highest BCUT2D eigenvalue weighted by Gasteiger charge is 2.30. The summed E-state index contributed by atoms with van der Waals surface area (Å²) in [5, 5.41) is 0.443. The summed E-state index contributed by atoms with van der Waals surface area (Å²) in [4.78, 5) is 0. The highest BCUT2D eigenvalue weighted by molar-refractivity contribution is 9.10. The molecule has 0 unspecified atom stereocenters. The van der Waals surface area contributed by atoms with Crippen molar-refractivity contribution in [1.82, 2.24) is 0 Å². The van der Waals surface area contributed by atoms with Gasteiger partial charge in [-0.05, 0) is 33.6 Å². The van der Waals surface area contributed by atoms with Gasteiger partial charge < -0.3 is 5.73 Å². The maximum atomic E-state index is 12.1. The first-order valence-corrected chi connectivity index (χ1v) is 5.24. The number of alkyl halides is 3. The summed E-state index contributed by atoms with van der Waals surface area (Å²) in [6.45, 7) is 0. The first-order valence-electron chi connectivity index (χ1n) is 4.07. The van der Waals surface area contributed by atoms with Crippen molar-refractivity contribution in [2.24, 2.45) is 5.73 Å². The Balaban J connectivity index is 2.83. The van der Waals surface area contributed by atoms with E-state index in [2.05, 4.69) is 15.9 Å². The molecule has 0 aliphatic rings. The molecule has 1 nitrogen and oxygen atoms in total. The van der Waals surface area contributed by atoms with E-state index < -0.39 is 18.6 Å². The highest BCUT2D eigenvalue weighted by atomic mass is 79.9. The lowest BCUT2D eigenvalue weighted by Gasteiger charge is -2.14. The number of nitrogens with two attached hydrogens (primary N) is 1. The molecule has 1 rings (SSSR count). The summed E-state index contributed by atoms with van der Waals surface area (Å²) >= 11 is 8.83. The zero-order valence-electron chi connectivity index (χ0n) is 7.48. The predicted octanol–water partition coefficient (Wildman–Crippen LogP) is 4.05. The van der Waals surface area contributed by atoms with E-state index in [1.165, 1.54) is 18.2 Å². The van der Waals surface area contributed by atoms with Crippen LogP contribution >= 0.6 is 27.5 Å². The fourth-order valence-electron chi connectivity index (χ4n) is 1.11. The number of benzene rings is 1. The van der Waals surface area contributed by atoms with Crippen molar-refractivity contribution < 1.29 is 13.2 Å². The average molecular weight is 303 g/mol. The Morgan fingerprint density at radius 1 is 1.40 bits per heavy atom.